The Balaban J connectivity index is 1.87. The molecule has 0 spiro atoms. The Labute approximate surface area is 215 Å². The molecule has 6 nitrogen and oxygen atoms in total. The lowest BCUT2D eigenvalue weighted by Crippen LogP contribution is -2.66. The number of carbonyl (C=O) groups is 1. The van der Waals surface area contributed by atoms with Gasteiger partial charge in [0.05, 0.1) is 22.4 Å². The minimum absolute atomic E-state index is 0.0688. The number of nitrogens with one attached hydrogen (secondary N) is 1. The number of piperazine rings is 1. The van der Waals surface area contributed by atoms with Crippen LogP contribution >= 0.6 is 0 Å². The maximum atomic E-state index is 14.0. The van der Waals surface area contributed by atoms with Crippen molar-refractivity contribution >= 4 is 15.9 Å². The average Bonchev–Trinajstić information content (AvgIpc) is 2.82. The molecule has 1 aromatic carbocycles. The number of amides is 1. The number of rotatable bonds is 6. The van der Waals surface area contributed by atoms with Crippen LogP contribution < -0.4 is 5.32 Å². The van der Waals surface area contributed by atoms with E-state index in [1.54, 1.807) is 6.92 Å². The van der Waals surface area contributed by atoms with E-state index < -0.39 is 75.3 Å². The van der Waals surface area contributed by atoms with Gasteiger partial charge in [0, 0.05) is 50.6 Å². The van der Waals surface area contributed by atoms with Crippen molar-refractivity contribution in [1.29, 1.82) is 0 Å². The molecule has 1 saturated carbocycles. The Hall–Kier alpha value is -2.00. The smallest absolute Gasteiger partial charge is 0.350 e. The predicted molar refractivity (Wildman–Crippen MR) is 122 cm³/mol. The molecular weight excluding hydrogens is 550 g/mol. The number of sulfonamides is 1. The summed E-state index contributed by atoms with van der Waals surface area (Å²) in [5, 5.41) is 2.34. The molecule has 0 radical (unpaired) electrons. The summed E-state index contributed by atoms with van der Waals surface area (Å²) in [6, 6.07) is 0.225. The van der Waals surface area contributed by atoms with E-state index >= 15 is 0 Å². The van der Waals surface area contributed by atoms with Gasteiger partial charge in [0.1, 0.15) is 0 Å². The second-order valence-corrected chi connectivity index (χ2v) is 12.1. The first kappa shape index (κ1) is 30.5. The van der Waals surface area contributed by atoms with E-state index in [0.29, 0.717) is 12.1 Å². The topological polar surface area (TPSA) is 69.7 Å². The summed E-state index contributed by atoms with van der Waals surface area (Å²) in [6.45, 7) is 3.14. The van der Waals surface area contributed by atoms with Gasteiger partial charge in [0.25, 0.3) is 5.91 Å². The Kier molecular flexibility index (Phi) is 8.46. The van der Waals surface area contributed by atoms with Crippen molar-refractivity contribution in [2.45, 2.75) is 69.4 Å². The summed E-state index contributed by atoms with van der Waals surface area (Å²) >= 11 is 0. The van der Waals surface area contributed by atoms with Crippen LogP contribution in [0.25, 0.3) is 0 Å². The third-order valence-corrected chi connectivity index (χ3v) is 9.19. The normalized spacial score (nSPS) is 23.3. The van der Waals surface area contributed by atoms with Crippen molar-refractivity contribution in [3.05, 3.63) is 34.9 Å². The molecule has 0 bridgehead atoms. The molecule has 1 aliphatic heterocycles. The van der Waals surface area contributed by atoms with Gasteiger partial charge in [-0.05, 0) is 44.9 Å². The summed E-state index contributed by atoms with van der Waals surface area (Å²) in [5.74, 6) is -4.38. The summed E-state index contributed by atoms with van der Waals surface area (Å²) in [4.78, 5) is 14.6. The van der Waals surface area contributed by atoms with Crippen molar-refractivity contribution in [2.75, 3.05) is 31.9 Å². The summed E-state index contributed by atoms with van der Waals surface area (Å²) in [5.41, 5.74) is -5.46. The van der Waals surface area contributed by atoms with Gasteiger partial charge in [-0.1, -0.05) is 0 Å². The molecule has 1 saturated heterocycles. The van der Waals surface area contributed by atoms with Gasteiger partial charge in [0.15, 0.2) is 0 Å². The standard InChI is InChI=1S/C23H29F8N3O3S/c1-3-38(36,37)33-10-11-34(15(2)13-33)20(6-8-21(24,25)9-7-20)14-32-19(35)17-5-4-16(22(26,27)28)12-18(17)23(29,30)31/h4-5,12,15H,3,6-11,13-14H2,1-2H3,(H,32,35). The zero-order chi connectivity index (χ0) is 28.7. The fourth-order valence-electron chi connectivity index (χ4n) is 5.20. The molecule has 1 aliphatic carbocycles. The lowest BCUT2D eigenvalue weighted by molar-refractivity contribution is -0.143. The van der Waals surface area contributed by atoms with Gasteiger partial charge >= 0.3 is 12.4 Å². The van der Waals surface area contributed by atoms with E-state index in [0.717, 1.165) is 0 Å². The van der Waals surface area contributed by atoms with Crippen molar-refractivity contribution in [1.82, 2.24) is 14.5 Å². The third kappa shape index (κ3) is 6.58. The number of benzene rings is 1. The van der Waals surface area contributed by atoms with Crippen LogP contribution in [-0.4, -0.2) is 73.0 Å². The molecule has 216 valence electrons. The fourth-order valence-corrected chi connectivity index (χ4v) is 6.37. The molecule has 1 aromatic rings. The van der Waals surface area contributed by atoms with E-state index in [9.17, 15) is 48.3 Å². The number of nitrogens with zero attached hydrogens (tertiary/aromatic N) is 2. The minimum Gasteiger partial charge on any atom is -0.350 e. The molecule has 1 unspecified atom stereocenters. The van der Waals surface area contributed by atoms with Gasteiger partial charge < -0.3 is 5.32 Å². The maximum absolute atomic E-state index is 14.0. The molecule has 1 heterocycles. The van der Waals surface area contributed by atoms with Gasteiger partial charge in [-0.25, -0.2) is 17.2 Å². The number of alkyl halides is 8. The van der Waals surface area contributed by atoms with E-state index in [1.165, 1.54) is 11.2 Å². The lowest BCUT2D eigenvalue weighted by Gasteiger charge is -2.53. The third-order valence-electron chi connectivity index (χ3n) is 7.34. The Morgan fingerprint density at radius 1 is 1.03 bits per heavy atom. The SMILES string of the molecule is CCS(=O)(=O)N1CCN(C2(CNC(=O)c3ccc(C(F)(F)F)cc3C(F)(F)F)CCC(F)(F)CC2)C(C)C1. The second-order valence-electron chi connectivity index (χ2n) is 9.82. The van der Waals surface area contributed by atoms with E-state index in [4.69, 9.17) is 0 Å². The van der Waals surface area contributed by atoms with Crippen LogP contribution in [0.15, 0.2) is 18.2 Å². The largest absolute Gasteiger partial charge is 0.417 e. The molecule has 1 N–H and O–H groups in total. The highest BCUT2D eigenvalue weighted by molar-refractivity contribution is 7.89. The average molecular weight is 580 g/mol. The van der Waals surface area contributed by atoms with Crippen molar-refractivity contribution in [3.8, 4) is 0 Å². The van der Waals surface area contributed by atoms with Gasteiger partial charge in [-0.3, -0.25) is 9.69 Å². The molecule has 3 rings (SSSR count). The molecule has 1 amide bonds. The lowest BCUT2D eigenvalue weighted by atomic mass is 9.77. The van der Waals surface area contributed by atoms with Gasteiger partial charge in [-0.15, -0.1) is 0 Å². The second kappa shape index (κ2) is 10.5. The number of hydrogen-bond acceptors (Lipinski definition) is 4. The first-order valence-electron chi connectivity index (χ1n) is 12.0. The van der Waals surface area contributed by atoms with Crippen LogP contribution in [0.3, 0.4) is 0 Å². The quantitative estimate of drug-likeness (QED) is 0.494. The van der Waals surface area contributed by atoms with Crippen LogP contribution in [-0.2, 0) is 22.4 Å². The van der Waals surface area contributed by atoms with Crippen LogP contribution in [0.5, 0.6) is 0 Å². The summed E-state index contributed by atoms with van der Waals surface area (Å²) < 4.78 is 134. The number of halogens is 8. The van der Waals surface area contributed by atoms with Crippen molar-refractivity contribution < 1.29 is 48.3 Å². The molecule has 1 atom stereocenters. The van der Waals surface area contributed by atoms with E-state index in [-0.39, 0.29) is 50.8 Å². The Morgan fingerprint density at radius 2 is 1.63 bits per heavy atom. The van der Waals surface area contributed by atoms with Crippen LogP contribution in [0.1, 0.15) is 61.0 Å². The molecule has 0 aromatic heterocycles. The van der Waals surface area contributed by atoms with Crippen molar-refractivity contribution in [2.24, 2.45) is 0 Å². The molecular formula is C23H29F8N3O3S. The highest BCUT2D eigenvalue weighted by Crippen LogP contribution is 2.43. The van der Waals surface area contributed by atoms with Crippen molar-refractivity contribution in [3.63, 3.8) is 0 Å². The molecule has 38 heavy (non-hydrogen) atoms. The fraction of sp³-hybridized carbons (Fsp3) is 0.696. The zero-order valence-electron chi connectivity index (χ0n) is 20.7. The maximum Gasteiger partial charge on any atom is 0.417 e. The Bertz CT molecular complexity index is 1130. The molecule has 15 heteroatoms. The first-order valence-corrected chi connectivity index (χ1v) is 13.6. The monoisotopic (exact) mass is 579 g/mol. The highest BCUT2D eigenvalue weighted by Gasteiger charge is 2.49. The summed E-state index contributed by atoms with van der Waals surface area (Å²) in [6.07, 6.45) is -11.6. The molecule has 2 fully saturated rings. The zero-order valence-corrected chi connectivity index (χ0v) is 21.5. The van der Waals surface area contributed by atoms with Crippen LogP contribution in [0.4, 0.5) is 35.1 Å². The summed E-state index contributed by atoms with van der Waals surface area (Å²) in [7, 11) is -3.51. The Morgan fingerprint density at radius 3 is 2.13 bits per heavy atom. The highest BCUT2D eigenvalue weighted by atomic mass is 32.2. The number of hydrogen-bond donors (Lipinski definition) is 1. The van der Waals surface area contributed by atoms with Crippen LogP contribution in [0.2, 0.25) is 0 Å². The van der Waals surface area contributed by atoms with E-state index in [1.807, 2.05) is 4.90 Å². The van der Waals surface area contributed by atoms with Gasteiger partial charge in [-0.2, -0.15) is 30.6 Å². The van der Waals surface area contributed by atoms with E-state index in [2.05, 4.69) is 5.32 Å². The molecule has 2 aliphatic rings. The minimum atomic E-state index is -5.26. The van der Waals surface area contributed by atoms with Crippen LogP contribution in [0, 0.1) is 0 Å². The number of carbonyl (C=O) groups excluding carboxylic acids is 1. The predicted octanol–water partition coefficient (Wildman–Crippen LogP) is 4.76. The first-order chi connectivity index (χ1) is 17.3. The van der Waals surface area contributed by atoms with Gasteiger partial charge in [0.2, 0.25) is 15.9 Å².